The molecular formula is C13H23N3O3. The number of imide groups is 1. The first-order valence-corrected chi connectivity index (χ1v) is 6.65. The predicted molar refractivity (Wildman–Crippen MR) is 70.9 cm³/mol. The first kappa shape index (κ1) is 15.6. The molecule has 0 spiro atoms. The second kappa shape index (κ2) is 6.14. The van der Waals surface area contributed by atoms with Crippen molar-refractivity contribution in [3.8, 4) is 0 Å². The Balaban J connectivity index is 2.90. The number of nitrogens with zero attached hydrogens (tertiary/aromatic N) is 1. The number of carbonyl (C=O) groups is 3. The van der Waals surface area contributed by atoms with Crippen molar-refractivity contribution in [3.63, 3.8) is 0 Å². The van der Waals surface area contributed by atoms with E-state index in [0.717, 1.165) is 4.90 Å². The maximum atomic E-state index is 12.2. The lowest BCUT2D eigenvalue weighted by atomic mass is 9.94. The van der Waals surface area contributed by atoms with Crippen molar-refractivity contribution < 1.29 is 14.4 Å². The first-order chi connectivity index (χ1) is 8.79. The van der Waals surface area contributed by atoms with Crippen LogP contribution in [0.2, 0.25) is 0 Å². The van der Waals surface area contributed by atoms with E-state index in [1.165, 1.54) is 0 Å². The van der Waals surface area contributed by atoms with Gasteiger partial charge in [-0.25, -0.2) is 0 Å². The molecule has 1 rings (SSSR count). The lowest BCUT2D eigenvalue weighted by Crippen LogP contribution is -2.54. The summed E-state index contributed by atoms with van der Waals surface area (Å²) in [7, 11) is 0. The Morgan fingerprint density at radius 1 is 1.37 bits per heavy atom. The van der Waals surface area contributed by atoms with Gasteiger partial charge in [-0.3, -0.25) is 19.3 Å². The molecule has 0 bridgehead atoms. The van der Waals surface area contributed by atoms with Gasteiger partial charge < -0.3 is 11.1 Å². The summed E-state index contributed by atoms with van der Waals surface area (Å²) in [5, 5.41) is 2.69. The van der Waals surface area contributed by atoms with Gasteiger partial charge in [0.2, 0.25) is 17.7 Å². The van der Waals surface area contributed by atoms with Crippen molar-refractivity contribution >= 4 is 17.7 Å². The van der Waals surface area contributed by atoms with Crippen molar-refractivity contribution in [1.82, 2.24) is 10.2 Å². The number of carbonyl (C=O) groups excluding carboxylic acids is 3. The fourth-order valence-electron chi connectivity index (χ4n) is 2.23. The third-order valence-corrected chi connectivity index (χ3v) is 3.29. The SMILES string of the molecule is CC(C)NC(=O)C(CN)N1C(=O)CC(C(C)C)C1=O. The largest absolute Gasteiger partial charge is 0.352 e. The lowest BCUT2D eigenvalue weighted by Gasteiger charge is -2.25. The van der Waals surface area contributed by atoms with Crippen LogP contribution in [0.15, 0.2) is 0 Å². The molecule has 3 amide bonds. The van der Waals surface area contributed by atoms with Crippen LogP contribution in [-0.2, 0) is 14.4 Å². The average molecular weight is 269 g/mol. The van der Waals surface area contributed by atoms with Gasteiger partial charge in [0.15, 0.2) is 0 Å². The number of nitrogens with one attached hydrogen (secondary N) is 1. The number of hydrogen-bond acceptors (Lipinski definition) is 4. The minimum absolute atomic E-state index is 0.0547. The molecule has 2 unspecified atom stereocenters. The van der Waals surface area contributed by atoms with Gasteiger partial charge in [-0.15, -0.1) is 0 Å². The molecule has 3 N–H and O–H groups in total. The van der Waals surface area contributed by atoms with Crippen molar-refractivity contribution in [1.29, 1.82) is 0 Å². The standard InChI is InChI=1S/C13H23N3O3/c1-7(2)9-5-11(17)16(13(9)19)10(6-14)12(18)15-8(3)4/h7-10H,5-6,14H2,1-4H3,(H,15,18). The topological polar surface area (TPSA) is 92.5 Å². The van der Waals surface area contributed by atoms with E-state index < -0.39 is 6.04 Å². The second-order valence-electron chi connectivity index (χ2n) is 5.57. The quantitative estimate of drug-likeness (QED) is 0.680. The number of likely N-dealkylation sites (tertiary alicyclic amines) is 1. The van der Waals surface area contributed by atoms with Gasteiger partial charge in [-0.1, -0.05) is 13.8 Å². The number of nitrogens with two attached hydrogens (primary N) is 1. The Kier molecular flexibility index (Phi) is 5.05. The van der Waals surface area contributed by atoms with Crippen LogP contribution in [0, 0.1) is 11.8 Å². The Morgan fingerprint density at radius 3 is 2.32 bits per heavy atom. The molecule has 1 aliphatic heterocycles. The molecule has 108 valence electrons. The summed E-state index contributed by atoms with van der Waals surface area (Å²) >= 11 is 0. The number of rotatable bonds is 5. The molecule has 19 heavy (non-hydrogen) atoms. The van der Waals surface area contributed by atoms with Crippen molar-refractivity contribution in [2.75, 3.05) is 6.54 Å². The second-order valence-corrected chi connectivity index (χ2v) is 5.57. The third kappa shape index (κ3) is 3.32. The summed E-state index contributed by atoms with van der Waals surface area (Å²) in [5.41, 5.74) is 5.57. The van der Waals surface area contributed by atoms with E-state index in [1.54, 1.807) is 0 Å². The fourth-order valence-corrected chi connectivity index (χ4v) is 2.23. The van der Waals surface area contributed by atoms with Crippen molar-refractivity contribution in [2.45, 2.75) is 46.2 Å². The lowest BCUT2D eigenvalue weighted by molar-refractivity contribution is -0.147. The molecule has 0 saturated carbocycles. The van der Waals surface area contributed by atoms with Crippen LogP contribution in [-0.4, -0.2) is 41.2 Å². The van der Waals surface area contributed by atoms with Crippen LogP contribution < -0.4 is 11.1 Å². The molecule has 0 aromatic carbocycles. The monoisotopic (exact) mass is 269 g/mol. The van der Waals surface area contributed by atoms with E-state index in [4.69, 9.17) is 5.73 Å². The van der Waals surface area contributed by atoms with Gasteiger partial charge in [-0.05, 0) is 19.8 Å². The van der Waals surface area contributed by atoms with Gasteiger partial charge in [0.1, 0.15) is 6.04 Å². The molecule has 1 heterocycles. The molecule has 0 aromatic rings. The van der Waals surface area contributed by atoms with E-state index in [2.05, 4.69) is 5.32 Å². The van der Waals surface area contributed by atoms with Crippen LogP contribution in [0.1, 0.15) is 34.1 Å². The highest BCUT2D eigenvalue weighted by Gasteiger charge is 2.45. The molecule has 0 radical (unpaired) electrons. The highest BCUT2D eigenvalue weighted by Crippen LogP contribution is 2.27. The molecule has 1 fully saturated rings. The zero-order valence-electron chi connectivity index (χ0n) is 12.0. The Labute approximate surface area is 113 Å². The van der Waals surface area contributed by atoms with E-state index in [0.29, 0.717) is 0 Å². The number of amides is 3. The summed E-state index contributed by atoms with van der Waals surface area (Å²) in [6.07, 6.45) is 0.169. The van der Waals surface area contributed by atoms with E-state index in [-0.39, 0.29) is 48.6 Å². The average Bonchev–Trinajstić information content (AvgIpc) is 2.57. The van der Waals surface area contributed by atoms with Gasteiger partial charge >= 0.3 is 0 Å². The maximum absolute atomic E-state index is 12.2. The zero-order chi connectivity index (χ0) is 14.7. The molecule has 1 aliphatic rings. The van der Waals surface area contributed by atoms with Crippen LogP contribution in [0.25, 0.3) is 0 Å². The van der Waals surface area contributed by atoms with E-state index >= 15 is 0 Å². The molecule has 6 heteroatoms. The Hall–Kier alpha value is -1.43. The van der Waals surface area contributed by atoms with E-state index in [9.17, 15) is 14.4 Å². The van der Waals surface area contributed by atoms with Crippen LogP contribution in [0.5, 0.6) is 0 Å². The fraction of sp³-hybridized carbons (Fsp3) is 0.769. The highest BCUT2D eigenvalue weighted by atomic mass is 16.2. The Bertz CT molecular complexity index is 379. The molecule has 2 atom stereocenters. The summed E-state index contributed by atoms with van der Waals surface area (Å²) in [5.74, 6) is -1.22. The van der Waals surface area contributed by atoms with Crippen molar-refractivity contribution in [3.05, 3.63) is 0 Å². The minimum Gasteiger partial charge on any atom is -0.352 e. The molecule has 0 aliphatic carbocycles. The maximum Gasteiger partial charge on any atom is 0.244 e. The van der Waals surface area contributed by atoms with Crippen LogP contribution in [0.4, 0.5) is 0 Å². The van der Waals surface area contributed by atoms with Crippen molar-refractivity contribution in [2.24, 2.45) is 17.6 Å². The van der Waals surface area contributed by atoms with Crippen LogP contribution in [0.3, 0.4) is 0 Å². The summed E-state index contributed by atoms with van der Waals surface area (Å²) < 4.78 is 0. The van der Waals surface area contributed by atoms with Gasteiger partial charge in [0, 0.05) is 24.9 Å². The highest BCUT2D eigenvalue weighted by molar-refractivity contribution is 6.07. The van der Waals surface area contributed by atoms with Crippen LogP contribution >= 0.6 is 0 Å². The Morgan fingerprint density at radius 2 is 1.95 bits per heavy atom. The van der Waals surface area contributed by atoms with Gasteiger partial charge in [0.05, 0.1) is 0 Å². The molecule has 0 aromatic heterocycles. The normalized spacial score (nSPS) is 21.4. The van der Waals surface area contributed by atoms with Gasteiger partial charge in [-0.2, -0.15) is 0 Å². The summed E-state index contributed by atoms with van der Waals surface area (Å²) in [6.45, 7) is 7.36. The number of hydrogen-bond donors (Lipinski definition) is 2. The van der Waals surface area contributed by atoms with Gasteiger partial charge in [0.25, 0.3) is 0 Å². The predicted octanol–water partition coefficient (Wildman–Crippen LogP) is -0.131. The molecule has 6 nitrogen and oxygen atoms in total. The molecular weight excluding hydrogens is 246 g/mol. The zero-order valence-corrected chi connectivity index (χ0v) is 12.0. The third-order valence-electron chi connectivity index (χ3n) is 3.29. The summed E-state index contributed by atoms with van der Waals surface area (Å²) in [6, 6.07) is -0.957. The van der Waals surface area contributed by atoms with E-state index in [1.807, 2.05) is 27.7 Å². The first-order valence-electron chi connectivity index (χ1n) is 6.65. The molecule has 1 saturated heterocycles. The smallest absolute Gasteiger partial charge is 0.244 e. The minimum atomic E-state index is -0.897. The summed E-state index contributed by atoms with van der Waals surface area (Å²) in [4.78, 5) is 37.2.